The Balaban J connectivity index is 2.59. The fourth-order valence-electron chi connectivity index (χ4n) is 1.38. The predicted octanol–water partition coefficient (Wildman–Crippen LogP) is 2.16. The fourth-order valence-corrected chi connectivity index (χ4v) is 1.90. The second-order valence-electron chi connectivity index (χ2n) is 3.79. The van der Waals surface area contributed by atoms with Gasteiger partial charge in [-0.2, -0.15) is 0 Å². The molecule has 0 aromatic heterocycles. The van der Waals surface area contributed by atoms with Crippen LogP contribution in [0.25, 0.3) is 0 Å². The second-order valence-corrected chi connectivity index (χ2v) is 5.36. The number of ether oxygens (including phenoxy) is 1. The third kappa shape index (κ3) is 5.33. The number of amides is 1. The zero-order chi connectivity index (χ0) is 14.4. The highest BCUT2D eigenvalue weighted by Crippen LogP contribution is 2.19. The highest BCUT2D eigenvalue weighted by molar-refractivity contribution is 14.1. The van der Waals surface area contributed by atoms with Crippen LogP contribution in [0, 0.1) is 3.57 Å². The third-order valence-corrected chi connectivity index (χ3v) is 3.98. The van der Waals surface area contributed by atoms with Crippen LogP contribution in [-0.4, -0.2) is 36.7 Å². The fraction of sp³-hybridized carbons (Fsp3) is 0.333. The van der Waals surface area contributed by atoms with Crippen LogP contribution in [0.1, 0.15) is 16.8 Å². The van der Waals surface area contributed by atoms with Gasteiger partial charge in [0.2, 0.25) is 0 Å². The van der Waals surface area contributed by atoms with E-state index in [-0.39, 0.29) is 18.9 Å². The molecular weight excluding hydrogens is 384 g/mol. The van der Waals surface area contributed by atoms with Crippen molar-refractivity contribution in [1.82, 2.24) is 5.32 Å². The Labute approximate surface area is 129 Å². The Bertz CT molecular complexity index is 481. The van der Waals surface area contributed by atoms with Gasteiger partial charge >= 0.3 is 5.97 Å². The normalized spacial score (nSPS) is 11.9. The quantitative estimate of drug-likeness (QED) is 0.722. The van der Waals surface area contributed by atoms with Crippen molar-refractivity contribution < 1.29 is 19.4 Å². The summed E-state index contributed by atoms with van der Waals surface area (Å²) in [6, 6.07) is 4.96. The summed E-state index contributed by atoms with van der Waals surface area (Å²) in [5, 5.41) is 11.8. The number of hydrogen-bond donors (Lipinski definition) is 2. The number of carbonyl (C=O) groups is 2. The molecule has 0 saturated heterocycles. The average molecular weight is 398 g/mol. The summed E-state index contributed by atoms with van der Waals surface area (Å²) in [4.78, 5) is 22.4. The first-order valence-electron chi connectivity index (χ1n) is 5.42. The molecule has 0 saturated carbocycles. The van der Waals surface area contributed by atoms with Gasteiger partial charge in [0, 0.05) is 22.8 Å². The molecule has 2 N–H and O–H groups in total. The monoisotopic (exact) mass is 397 g/mol. The van der Waals surface area contributed by atoms with Gasteiger partial charge in [-0.05, 0) is 40.8 Å². The zero-order valence-electron chi connectivity index (χ0n) is 10.2. The maximum atomic E-state index is 11.8. The molecule has 1 unspecified atom stereocenters. The molecule has 19 heavy (non-hydrogen) atoms. The van der Waals surface area contributed by atoms with Gasteiger partial charge < -0.3 is 15.2 Å². The van der Waals surface area contributed by atoms with Gasteiger partial charge in [-0.25, -0.2) is 0 Å². The first kappa shape index (κ1) is 16.2. The van der Waals surface area contributed by atoms with Gasteiger partial charge in [0.25, 0.3) is 5.91 Å². The number of rotatable bonds is 6. The lowest BCUT2D eigenvalue weighted by molar-refractivity contribution is -0.139. The van der Waals surface area contributed by atoms with Crippen molar-refractivity contribution in [1.29, 1.82) is 0 Å². The maximum Gasteiger partial charge on any atom is 0.306 e. The molecule has 0 aliphatic carbocycles. The van der Waals surface area contributed by atoms with Crippen molar-refractivity contribution in [3.63, 3.8) is 0 Å². The number of aliphatic carboxylic acids is 1. The number of benzene rings is 1. The highest BCUT2D eigenvalue weighted by Gasteiger charge is 2.14. The number of nitrogens with one attached hydrogen (secondary N) is 1. The van der Waals surface area contributed by atoms with Crippen LogP contribution in [0.15, 0.2) is 18.2 Å². The van der Waals surface area contributed by atoms with Crippen LogP contribution in [0.5, 0.6) is 0 Å². The van der Waals surface area contributed by atoms with Gasteiger partial charge in [0.15, 0.2) is 0 Å². The second kappa shape index (κ2) is 7.66. The largest absolute Gasteiger partial charge is 0.481 e. The van der Waals surface area contributed by atoms with Crippen molar-refractivity contribution in [2.45, 2.75) is 12.5 Å². The van der Waals surface area contributed by atoms with Crippen molar-refractivity contribution in [2.24, 2.45) is 0 Å². The lowest BCUT2D eigenvalue weighted by Gasteiger charge is -2.14. The predicted molar refractivity (Wildman–Crippen MR) is 79.6 cm³/mol. The summed E-state index contributed by atoms with van der Waals surface area (Å²) < 4.78 is 5.83. The van der Waals surface area contributed by atoms with Gasteiger partial charge in [0.1, 0.15) is 0 Å². The lowest BCUT2D eigenvalue weighted by Crippen LogP contribution is -2.34. The molecule has 1 rings (SSSR count). The summed E-state index contributed by atoms with van der Waals surface area (Å²) in [7, 11) is 1.40. The van der Waals surface area contributed by atoms with Crippen LogP contribution < -0.4 is 5.32 Å². The molecule has 1 aromatic carbocycles. The molecule has 7 heteroatoms. The Kier molecular flexibility index (Phi) is 6.53. The lowest BCUT2D eigenvalue weighted by atomic mass is 10.2. The highest BCUT2D eigenvalue weighted by atomic mass is 127. The number of methoxy groups -OCH3 is 1. The summed E-state index contributed by atoms with van der Waals surface area (Å²) in [6.45, 7) is 0.130. The van der Waals surface area contributed by atoms with Gasteiger partial charge in [0.05, 0.1) is 17.5 Å². The Morgan fingerprint density at radius 2 is 2.21 bits per heavy atom. The Morgan fingerprint density at radius 3 is 2.74 bits per heavy atom. The van der Waals surface area contributed by atoms with Crippen LogP contribution >= 0.6 is 34.2 Å². The molecule has 0 aliphatic heterocycles. The van der Waals surface area contributed by atoms with Gasteiger partial charge in [-0.15, -0.1) is 0 Å². The first-order chi connectivity index (χ1) is 8.93. The summed E-state index contributed by atoms with van der Waals surface area (Å²) in [5.74, 6) is -1.29. The molecule has 0 bridgehead atoms. The minimum atomic E-state index is -0.974. The van der Waals surface area contributed by atoms with Crippen molar-refractivity contribution in [3.8, 4) is 0 Å². The molecule has 0 fully saturated rings. The molecule has 0 heterocycles. The van der Waals surface area contributed by atoms with Crippen molar-refractivity contribution in [2.75, 3.05) is 13.7 Å². The van der Waals surface area contributed by atoms with Gasteiger partial charge in [-0.3, -0.25) is 9.59 Å². The average Bonchev–Trinajstić information content (AvgIpc) is 2.36. The molecule has 1 aromatic rings. The number of hydrogen-bond acceptors (Lipinski definition) is 3. The van der Waals surface area contributed by atoms with Crippen LogP contribution in [0.2, 0.25) is 5.02 Å². The van der Waals surface area contributed by atoms with Crippen molar-refractivity contribution >= 4 is 46.1 Å². The molecule has 1 amide bonds. The molecule has 0 aliphatic rings. The molecule has 5 nitrogen and oxygen atoms in total. The molecule has 104 valence electrons. The van der Waals surface area contributed by atoms with Crippen LogP contribution in [0.3, 0.4) is 0 Å². The number of carboxylic acids is 1. The molecular formula is C12H13ClINO4. The van der Waals surface area contributed by atoms with E-state index < -0.39 is 12.1 Å². The van der Waals surface area contributed by atoms with E-state index in [0.717, 1.165) is 3.57 Å². The summed E-state index contributed by atoms with van der Waals surface area (Å²) in [5.41, 5.74) is 0.426. The minimum absolute atomic E-state index is 0.130. The molecule has 0 radical (unpaired) electrons. The van der Waals surface area contributed by atoms with E-state index in [9.17, 15) is 9.59 Å². The topological polar surface area (TPSA) is 75.6 Å². The Hall–Kier alpha value is -0.860. The van der Waals surface area contributed by atoms with Gasteiger partial charge in [-0.1, -0.05) is 11.6 Å². The van der Waals surface area contributed by atoms with E-state index in [1.165, 1.54) is 7.11 Å². The minimum Gasteiger partial charge on any atom is -0.481 e. The molecule has 0 spiro atoms. The maximum absolute atomic E-state index is 11.8. The summed E-state index contributed by atoms with van der Waals surface area (Å²) >= 11 is 7.99. The number of carboxylic acid groups (broad SMARTS) is 1. The Morgan fingerprint density at radius 1 is 1.53 bits per heavy atom. The van der Waals surface area contributed by atoms with Crippen molar-refractivity contribution in [3.05, 3.63) is 32.4 Å². The van der Waals surface area contributed by atoms with E-state index in [0.29, 0.717) is 10.6 Å². The zero-order valence-corrected chi connectivity index (χ0v) is 13.1. The van der Waals surface area contributed by atoms with E-state index in [2.05, 4.69) is 27.9 Å². The first-order valence-corrected chi connectivity index (χ1v) is 6.87. The number of halogens is 2. The van der Waals surface area contributed by atoms with Crippen LogP contribution in [-0.2, 0) is 9.53 Å². The number of carbonyl (C=O) groups excluding carboxylic acids is 1. The third-order valence-electron chi connectivity index (χ3n) is 2.41. The van der Waals surface area contributed by atoms with E-state index in [1.807, 2.05) is 0 Å². The van der Waals surface area contributed by atoms with Crippen LogP contribution in [0.4, 0.5) is 0 Å². The summed E-state index contributed by atoms with van der Waals surface area (Å²) in [6.07, 6.45) is -0.717. The standard InChI is InChI=1S/C12H13ClINO4/c1-19-8(5-11(16)17)6-15-12(18)7-2-3-10(14)9(13)4-7/h2-4,8H,5-6H2,1H3,(H,15,18)(H,16,17). The van der Waals surface area contributed by atoms with E-state index in [4.69, 9.17) is 21.4 Å². The smallest absolute Gasteiger partial charge is 0.306 e. The van der Waals surface area contributed by atoms with E-state index >= 15 is 0 Å². The van der Waals surface area contributed by atoms with E-state index in [1.54, 1.807) is 18.2 Å². The molecule has 1 atom stereocenters. The SMILES string of the molecule is COC(CNC(=O)c1ccc(I)c(Cl)c1)CC(=O)O.